The van der Waals surface area contributed by atoms with E-state index in [1.807, 2.05) is 6.07 Å². The number of phenols is 1. The highest BCUT2D eigenvalue weighted by molar-refractivity contribution is 5.85. The number of fused-ring (bicyclic) bond motifs is 6. The number of benzene rings is 2. The van der Waals surface area contributed by atoms with Crippen molar-refractivity contribution in [3.05, 3.63) is 58.8 Å². The number of aliphatic hydroxyl groups is 1. The summed E-state index contributed by atoms with van der Waals surface area (Å²) in [5.74, 6) is 1.64. The molecule has 3 N–H and O–H groups in total. The molecule has 3 atom stereocenters. The molecule has 1 aromatic heterocycles. The third kappa shape index (κ3) is 2.84. The number of piperidine rings is 1. The summed E-state index contributed by atoms with van der Waals surface area (Å²) in [5.41, 5.74) is 4.87. The van der Waals surface area contributed by atoms with E-state index in [0.29, 0.717) is 12.2 Å². The van der Waals surface area contributed by atoms with Crippen LogP contribution in [0.5, 0.6) is 11.5 Å². The van der Waals surface area contributed by atoms with Gasteiger partial charge in [0.15, 0.2) is 11.5 Å². The van der Waals surface area contributed by atoms with Gasteiger partial charge in [-0.1, -0.05) is 24.3 Å². The highest BCUT2D eigenvalue weighted by Gasteiger charge is 2.47. The molecule has 2 aliphatic heterocycles. The van der Waals surface area contributed by atoms with Gasteiger partial charge in [0.05, 0.1) is 11.3 Å². The van der Waals surface area contributed by atoms with Crippen molar-refractivity contribution in [2.75, 3.05) is 13.1 Å². The summed E-state index contributed by atoms with van der Waals surface area (Å²) in [5, 5.41) is 24.0. The van der Waals surface area contributed by atoms with Crippen LogP contribution < -0.4 is 4.74 Å². The Morgan fingerprint density at radius 1 is 1.09 bits per heavy atom. The van der Waals surface area contributed by atoms with Crippen LogP contribution in [0.25, 0.3) is 10.9 Å². The predicted octanol–water partition coefficient (Wildman–Crippen LogP) is 4.25. The summed E-state index contributed by atoms with van der Waals surface area (Å²) < 4.78 is 6.38. The Bertz CT molecular complexity index is 1210. The standard InChI is InChI=1S/C27H30N2O3/c30-22-9-8-17-12-24-27(31,10-3-11-29(24)15-16-6-7-16)14-20-18-4-1-2-5-21(18)28-25(20)23-13-19(17)26(22)32-23/h1-2,4-5,8-9,16,23-24,28,30-31H,3,6-7,10-15H2. The monoisotopic (exact) mass is 430 g/mol. The number of phenolic OH excluding ortho intramolecular Hbond substituents is 1. The minimum Gasteiger partial charge on any atom is -0.504 e. The third-order valence-electron chi connectivity index (χ3n) is 8.36. The molecule has 5 heteroatoms. The van der Waals surface area contributed by atoms with Gasteiger partial charge < -0.3 is 19.9 Å². The highest BCUT2D eigenvalue weighted by atomic mass is 16.5. The first kappa shape index (κ1) is 19.0. The van der Waals surface area contributed by atoms with E-state index in [1.165, 1.54) is 29.4 Å². The van der Waals surface area contributed by atoms with Gasteiger partial charge >= 0.3 is 0 Å². The molecule has 166 valence electrons. The average molecular weight is 431 g/mol. The number of ether oxygens (including phenoxy) is 1. The maximum Gasteiger partial charge on any atom is 0.165 e. The zero-order valence-corrected chi connectivity index (χ0v) is 18.3. The molecule has 4 aliphatic rings. The number of hydrogen-bond acceptors (Lipinski definition) is 4. The minimum absolute atomic E-state index is 0.0733. The lowest BCUT2D eigenvalue weighted by molar-refractivity contribution is -0.0816. The van der Waals surface area contributed by atoms with Crippen molar-refractivity contribution in [2.24, 2.45) is 5.92 Å². The van der Waals surface area contributed by atoms with Crippen LogP contribution in [0.4, 0.5) is 0 Å². The molecule has 3 unspecified atom stereocenters. The fraction of sp³-hybridized carbons (Fsp3) is 0.481. The van der Waals surface area contributed by atoms with Crippen LogP contribution in [0.2, 0.25) is 0 Å². The Labute approximate surface area is 188 Å². The van der Waals surface area contributed by atoms with Crippen molar-refractivity contribution in [3.63, 3.8) is 0 Å². The lowest BCUT2D eigenvalue weighted by Crippen LogP contribution is -2.59. The maximum absolute atomic E-state index is 12.3. The summed E-state index contributed by atoms with van der Waals surface area (Å²) in [6.45, 7) is 2.15. The molecule has 0 radical (unpaired) electrons. The second-order valence-electron chi connectivity index (χ2n) is 10.5. The molecule has 3 heterocycles. The summed E-state index contributed by atoms with van der Waals surface area (Å²) in [6, 6.07) is 12.3. The maximum atomic E-state index is 12.3. The van der Waals surface area contributed by atoms with Gasteiger partial charge in [0.1, 0.15) is 6.10 Å². The van der Waals surface area contributed by atoms with Gasteiger partial charge in [0.25, 0.3) is 0 Å². The number of likely N-dealkylation sites (tertiary alicyclic amines) is 1. The van der Waals surface area contributed by atoms with E-state index in [2.05, 4.69) is 34.1 Å². The highest BCUT2D eigenvalue weighted by Crippen LogP contribution is 2.49. The molecular formula is C27H30N2O3. The van der Waals surface area contributed by atoms with Gasteiger partial charge in [-0.3, -0.25) is 4.90 Å². The van der Waals surface area contributed by atoms with E-state index < -0.39 is 5.60 Å². The normalized spacial score (nSPS) is 29.4. The predicted molar refractivity (Wildman–Crippen MR) is 123 cm³/mol. The molecule has 2 aliphatic carbocycles. The first-order valence-electron chi connectivity index (χ1n) is 12.2. The quantitative estimate of drug-likeness (QED) is 0.568. The van der Waals surface area contributed by atoms with Crippen LogP contribution in [0, 0.1) is 5.92 Å². The lowest BCUT2D eigenvalue weighted by Gasteiger charge is -2.48. The second kappa shape index (κ2) is 6.75. The zero-order chi connectivity index (χ0) is 21.4. The van der Waals surface area contributed by atoms with Crippen molar-refractivity contribution in [3.8, 4) is 11.5 Å². The van der Waals surface area contributed by atoms with Gasteiger partial charge in [-0.05, 0) is 67.8 Å². The lowest BCUT2D eigenvalue weighted by atomic mass is 9.75. The van der Waals surface area contributed by atoms with Crippen LogP contribution >= 0.6 is 0 Å². The van der Waals surface area contributed by atoms with Crippen LogP contribution in [-0.2, 0) is 19.3 Å². The SMILES string of the molecule is Oc1ccc2c3c1OC(C3)c1[nH]c3ccccc3c1CC1(O)CCCN(CC3CC3)C1C2. The number of nitrogens with zero attached hydrogens (tertiary/aromatic N) is 1. The third-order valence-corrected chi connectivity index (χ3v) is 8.36. The molecule has 3 aromatic rings. The van der Waals surface area contributed by atoms with Crippen LogP contribution in [0.3, 0.4) is 0 Å². The van der Waals surface area contributed by atoms with Crippen molar-refractivity contribution in [2.45, 2.75) is 62.7 Å². The topological polar surface area (TPSA) is 68.7 Å². The summed E-state index contributed by atoms with van der Waals surface area (Å²) >= 11 is 0. The zero-order valence-electron chi connectivity index (χ0n) is 18.3. The van der Waals surface area contributed by atoms with E-state index in [1.54, 1.807) is 6.07 Å². The molecule has 0 amide bonds. The number of aromatic nitrogens is 1. The van der Waals surface area contributed by atoms with Crippen molar-refractivity contribution < 1.29 is 14.9 Å². The molecular weight excluding hydrogens is 400 g/mol. The van der Waals surface area contributed by atoms with Crippen LogP contribution in [0.1, 0.15) is 54.2 Å². The molecule has 1 saturated carbocycles. The van der Waals surface area contributed by atoms with E-state index in [-0.39, 0.29) is 17.9 Å². The Balaban J connectivity index is 1.43. The Kier molecular flexibility index (Phi) is 4.01. The smallest absolute Gasteiger partial charge is 0.165 e. The van der Waals surface area contributed by atoms with E-state index >= 15 is 0 Å². The van der Waals surface area contributed by atoms with Gasteiger partial charge in [0, 0.05) is 41.9 Å². The molecule has 2 aromatic carbocycles. The van der Waals surface area contributed by atoms with Gasteiger partial charge in [0.2, 0.25) is 0 Å². The molecule has 1 saturated heterocycles. The Morgan fingerprint density at radius 3 is 2.84 bits per heavy atom. The fourth-order valence-electron chi connectivity index (χ4n) is 6.56. The largest absolute Gasteiger partial charge is 0.504 e. The number of hydrogen-bond donors (Lipinski definition) is 3. The molecule has 32 heavy (non-hydrogen) atoms. The average Bonchev–Trinajstić information content (AvgIpc) is 3.36. The van der Waals surface area contributed by atoms with Crippen molar-refractivity contribution in [1.29, 1.82) is 0 Å². The fourth-order valence-corrected chi connectivity index (χ4v) is 6.56. The first-order valence-corrected chi connectivity index (χ1v) is 12.2. The molecule has 0 spiro atoms. The summed E-state index contributed by atoms with van der Waals surface area (Å²) in [7, 11) is 0. The van der Waals surface area contributed by atoms with E-state index in [0.717, 1.165) is 61.5 Å². The molecule has 2 bridgehead atoms. The van der Waals surface area contributed by atoms with E-state index in [9.17, 15) is 10.2 Å². The minimum atomic E-state index is -0.783. The van der Waals surface area contributed by atoms with Crippen LogP contribution in [0.15, 0.2) is 36.4 Å². The van der Waals surface area contributed by atoms with Crippen molar-refractivity contribution >= 4 is 10.9 Å². The Hall–Kier alpha value is -2.50. The molecule has 5 nitrogen and oxygen atoms in total. The number of H-pyrrole nitrogens is 1. The number of aromatic amines is 1. The number of nitrogens with one attached hydrogen (secondary N) is 1. The number of para-hydroxylation sites is 1. The van der Waals surface area contributed by atoms with Gasteiger partial charge in [-0.25, -0.2) is 0 Å². The van der Waals surface area contributed by atoms with Crippen molar-refractivity contribution in [1.82, 2.24) is 9.88 Å². The van der Waals surface area contributed by atoms with E-state index in [4.69, 9.17) is 4.74 Å². The second-order valence-corrected chi connectivity index (χ2v) is 10.5. The van der Waals surface area contributed by atoms with Crippen LogP contribution in [-0.4, -0.2) is 44.8 Å². The first-order chi connectivity index (χ1) is 15.6. The summed E-state index contributed by atoms with van der Waals surface area (Å²) in [6.07, 6.45) is 6.53. The molecule has 7 rings (SSSR count). The summed E-state index contributed by atoms with van der Waals surface area (Å²) in [4.78, 5) is 6.20. The van der Waals surface area contributed by atoms with Gasteiger partial charge in [-0.2, -0.15) is 0 Å². The molecule has 2 fully saturated rings. The van der Waals surface area contributed by atoms with Gasteiger partial charge in [-0.15, -0.1) is 0 Å². The Morgan fingerprint density at radius 2 is 1.97 bits per heavy atom. The number of aromatic hydroxyl groups is 1. The number of rotatable bonds is 2.